The zero-order valence-corrected chi connectivity index (χ0v) is 9.69. The Morgan fingerprint density at radius 1 is 1.75 bits per heavy atom. The monoisotopic (exact) mass is 223 g/mol. The number of carbonyl (C=O) groups is 1. The molecule has 1 aromatic rings. The fourth-order valence-corrected chi connectivity index (χ4v) is 2.15. The van der Waals surface area contributed by atoms with Gasteiger partial charge in [0.1, 0.15) is 11.3 Å². The average Bonchev–Trinajstić information content (AvgIpc) is 2.87. The zero-order valence-electron chi connectivity index (χ0n) is 9.69. The number of nitrogens with one attached hydrogen (secondary N) is 1. The van der Waals surface area contributed by atoms with Crippen molar-refractivity contribution in [2.45, 2.75) is 13.3 Å². The van der Waals surface area contributed by atoms with E-state index in [2.05, 4.69) is 10.5 Å². The Hall–Kier alpha value is -1.36. The van der Waals surface area contributed by atoms with Gasteiger partial charge in [-0.3, -0.25) is 4.79 Å². The molecule has 0 aromatic carbocycles. The zero-order chi connectivity index (χ0) is 11.5. The predicted molar refractivity (Wildman–Crippen MR) is 59.2 cm³/mol. The summed E-state index contributed by atoms with van der Waals surface area (Å²) in [5, 5.41) is 6.78. The first-order chi connectivity index (χ1) is 7.72. The molecule has 1 atom stereocenters. The molecule has 1 N–H and O–H groups in total. The molecule has 16 heavy (non-hydrogen) atoms. The molecule has 5 heteroatoms. The first kappa shape index (κ1) is 11.1. The van der Waals surface area contributed by atoms with E-state index in [-0.39, 0.29) is 5.91 Å². The highest BCUT2D eigenvalue weighted by atomic mass is 16.5. The van der Waals surface area contributed by atoms with E-state index in [0.29, 0.717) is 17.2 Å². The number of aromatic nitrogens is 1. The largest absolute Gasteiger partial charge is 0.361 e. The lowest BCUT2D eigenvalue weighted by atomic mass is 10.1. The number of carbonyl (C=O) groups excluding carboxylic acids is 1. The molecule has 1 amide bonds. The number of hydrogen-bond donors (Lipinski definition) is 1. The van der Waals surface area contributed by atoms with Crippen molar-refractivity contribution in [3.63, 3.8) is 0 Å². The van der Waals surface area contributed by atoms with Crippen molar-refractivity contribution in [1.29, 1.82) is 0 Å². The fourth-order valence-electron chi connectivity index (χ4n) is 2.15. The van der Waals surface area contributed by atoms with E-state index in [0.717, 1.165) is 26.1 Å². The molecule has 1 saturated heterocycles. The van der Waals surface area contributed by atoms with Crippen molar-refractivity contribution in [3.05, 3.63) is 17.5 Å². The normalized spacial score (nSPS) is 20.4. The van der Waals surface area contributed by atoms with Crippen LogP contribution in [0, 0.1) is 12.8 Å². The fraction of sp³-hybridized carbons (Fsp3) is 0.636. The second kappa shape index (κ2) is 4.65. The minimum Gasteiger partial charge on any atom is -0.361 e. The molecule has 1 unspecified atom stereocenters. The van der Waals surface area contributed by atoms with Crippen molar-refractivity contribution in [2.75, 3.05) is 26.7 Å². The van der Waals surface area contributed by atoms with Crippen LogP contribution >= 0.6 is 0 Å². The summed E-state index contributed by atoms with van der Waals surface area (Å²) in [6, 6.07) is 0. The molecular formula is C11H17N3O2. The van der Waals surface area contributed by atoms with Crippen LogP contribution in [0.5, 0.6) is 0 Å². The van der Waals surface area contributed by atoms with E-state index in [1.807, 2.05) is 11.9 Å². The maximum Gasteiger partial charge on any atom is 0.259 e. The van der Waals surface area contributed by atoms with Gasteiger partial charge < -0.3 is 14.7 Å². The second-order valence-electron chi connectivity index (χ2n) is 4.26. The maximum absolute atomic E-state index is 12.1. The quantitative estimate of drug-likeness (QED) is 0.818. The summed E-state index contributed by atoms with van der Waals surface area (Å²) in [5.41, 5.74) is 0.588. The summed E-state index contributed by atoms with van der Waals surface area (Å²) in [4.78, 5) is 14.0. The Labute approximate surface area is 94.8 Å². The van der Waals surface area contributed by atoms with Crippen LogP contribution in [0.3, 0.4) is 0 Å². The Bertz CT molecular complexity index is 375. The molecule has 2 heterocycles. The highest BCUT2D eigenvalue weighted by Gasteiger charge is 2.28. The first-order valence-electron chi connectivity index (χ1n) is 5.57. The van der Waals surface area contributed by atoms with E-state index in [1.54, 1.807) is 6.92 Å². The van der Waals surface area contributed by atoms with Gasteiger partial charge in [-0.1, -0.05) is 5.16 Å². The van der Waals surface area contributed by atoms with Gasteiger partial charge in [-0.2, -0.15) is 0 Å². The van der Waals surface area contributed by atoms with Gasteiger partial charge in [0.15, 0.2) is 0 Å². The lowest BCUT2D eigenvalue weighted by Gasteiger charge is -2.15. The Morgan fingerprint density at radius 2 is 2.56 bits per heavy atom. The summed E-state index contributed by atoms with van der Waals surface area (Å²) in [5.74, 6) is 1.20. The van der Waals surface area contributed by atoms with Crippen molar-refractivity contribution in [3.8, 4) is 0 Å². The lowest BCUT2D eigenvalue weighted by molar-refractivity contribution is 0.0785. The standard InChI is InChI=1S/C11H17N3O2/c1-8-10(6-13-16-8)11(15)14-4-3-9(7-14)5-12-2/h6,9,12H,3-5,7H2,1-2H3. The van der Waals surface area contributed by atoms with Gasteiger partial charge in [0, 0.05) is 13.1 Å². The third-order valence-corrected chi connectivity index (χ3v) is 3.05. The SMILES string of the molecule is CNCC1CCN(C(=O)c2cnoc2C)C1. The number of amides is 1. The van der Waals surface area contributed by atoms with Gasteiger partial charge in [0.2, 0.25) is 0 Å². The van der Waals surface area contributed by atoms with Crippen LogP contribution in [0.15, 0.2) is 10.7 Å². The molecule has 0 saturated carbocycles. The van der Waals surface area contributed by atoms with Gasteiger partial charge >= 0.3 is 0 Å². The van der Waals surface area contributed by atoms with Crippen LogP contribution in [-0.4, -0.2) is 42.6 Å². The third-order valence-electron chi connectivity index (χ3n) is 3.05. The molecule has 0 bridgehead atoms. The van der Waals surface area contributed by atoms with Crippen LogP contribution in [0.25, 0.3) is 0 Å². The summed E-state index contributed by atoms with van der Waals surface area (Å²) in [6.45, 7) is 4.38. The number of aryl methyl sites for hydroxylation is 1. The summed E-state index contributed by atoms with van der Waals surface area (Å²) in [7, 11) is 1.94. The smallest absolute Gasteiger partial charge is 0.259 e. The molecule has 2 rings (SSSR count). The van der Waals surface area contributed by atoms with E-state index in [9.17, 15) is 4.79 Å². The number of rotatable bonds is 3. The van der Waals surface area contributed by atoms with Gasteiger partial charge in [-0.15, -0.1) is 0 Å². The Balaban J connectivity index is 2.00. The Morgan fingerprint density at radius 3 is 3.19 bits per heavy atom. The van der Waals surface area contributed by atoms with Crippen LogP contribution in [0.2, 0.25) is 0 Å². The van der Waals surface area contributed by atoms with Crippen LogP contribution in [-0.2, 0) is 0 Å². The highest BCUT2D eigenvalue weighted by molar-refractivity contribution is 5.94. The maximum atomic E-state index is 12.1. The number of hydrogen-bond acceptors (Lipinski definition) is 4. The minimum atomic E-state index is 0.0392. The molecule has 0 radical (unpaired) electrons. The minimum absolute atomic E-state index is 0.0392. The Kier molecular flexibility index (Phi) is 3.24. The lowest BCUT2D eigenvalue weighted by Crippen LogP contribution is -2.30. The third kappa shape index (κ3) is 2.09. The van der Waals surface area contributed by atoms with Crippen molar-refractivity contribution in [1.82, 2.24) is 15.4 Å². The highest BCUT2D eigenvalue weighted by Crippen LogP contribution is 2.19. The first-order valence-corrected chi connectivity index (χ1v) is 5.57. The summed E-state index contributed by atoms with van der Waals surface area (Å²) in [6.07, 6.45) is 2.57. The van der Waals surface area contributed by atoms with Crippen LogP contribution in [0.1, 0.15) is 22.5 Å². The molecule has 88 valence electrons. The van der Waals surface area contributed by atoms with Crippen molar-refractivity contribution in [2.24, 2.45) is 5.92 Å². The van der Waals surface area contributed by atoms with E-state index in [1.165, 1.54) is 6.20 Å². The van der Waals surface area contributed by atoms with E-state index in [4.69, 9.17) is 4.52 Å². The summed E-state index contributed by atoms with van der Waals surface area (Å²) >= 11 is 0. The van der Waals surface area contributed by atoms with Crippen LogP contribution in [0.4, 0.5) is 0 Å². The average molecular weight is 223 g/mol. The van der Waals surface area contributed by atoms with Crippen LogP contribution < -0.4 is 5.32 Å². The summed E-state index contributed by atoms with van der Waals surface area (Å²) < 4.78 is 4.91. The van der Waals surface area contributed by atoms with Crippen molar-refractivity contribution >= 4 is 5.91 Å². The molecule has 5 nitrogen and oxygen atoms in total. The van der Waals surface area contributed by atoms with Gasteiger partial charge in [0.25, 0.3) is 5.91 Å². The van der Waals surface area contributed by atoms with Gasteiger partial charge in [-0.25, -0.2) is 0 Å². The van der Waals surface area contributed by atoms with E-state index < -0.39 is 0 Å². The number of nitrogens with zero attached hydrogens (tertiary/aromatic N) is 2. The molecular weight excluding hydrogens is 206 g/mol. The van der Waals surface area contributed by atoms with Gasteiger partial charge in [-0.05, 0) is 32.9 Å². The molecule has 0 aliphatic carbocycles. The molecule has 1 aliphatic rings. The topological polar surface area (TPSA) is 58.4 Å². The number of likely N-dealkylation sites (tertiary alicyclic amines) is 1. The molecule has 1 aliphatic heterocycles. The van der Waals surface area contributed by atoms with Crippen molar-refractivity contribution < 1.29 is 9.32 Å². The van der Waals surface area contributed by atoms with Gasteiger partial charge in [0.05, 0.1) is 6.20 Å². The van der Waals surface area contributed by atoms with E-state index >= 15 is 0 Å². The molecule has 0 spiro atoms. The second-order valence-corrected chi connectivity index (χ2v) is 4.26. The predicted octanol–water partition coefficient (Wildman–Crippen LogP) is 0.665. The molecule has 1 fully saturated rings. The molecule has 1 aromatic heterocycles.